The number of alkyl carbamates (subject to hydrolysis) is 1. The Bertz CT molecular complexity index is 682. The fourth-order valence-electron chi connectivity index (χ4n) is 3.37. The first-order valence-electron chi connectivity index (χ1n) is 11.1. The van der Waals surface area contributed by atoms with Crippen molar-refractivity contribution in [2.45, 2.75) is 77.2 Å². The molecule has 0 saturated heterocycles. The van der Waals surface area contributed by atoms with Crippen LogP contribution in [-0.4, -0.2) is 78.6 Å². The van der Waals surface area contributed by atoms with Gasteiger partial charge in [0.25, 0.3) is 0 Å². The number of amides is 2. The number of carbonyl (C=O) groups excluding carboxylic acids is 4. The van der Waals surface area contributed by atoms with Crippen LogP contribution in [0.3, 0.4) is 0 Å². The molecule has 1 rings (SSSR count). The number of esters is 2. The standard InChI is InChI=1S/C22H38N2O8S/c1-7-31-20(28)16(12-17(25)14-10-13(14)11-18(26)30-5)23-19(27)15(8-9-33-6)24-21(29)32-22(2,3)4/h13-17,25H,7-12H2,1-6H3,(H,23,27)(H,24,29)/t13-,14+,15-,16+,17-/m0/s1. The Morgan fingerprint density at radius 1 is 1.15 bits per heavy atom. The first-order chi connectivity index (χ1) is 15.4. The highest BCUT2D eigenvalue weighted by Gasteiger charge is 2.45. The van der Waals surface area contributed by atoms with Crippen LogP contribution in [0, 0.1) is 11.8 Å². The van der Waals surface area contributed by atoms with Crippen molar-refractivity contribution in [2.24, 2.45) is 11.8 Å². The number of rotatable bonds is 13. The van der Waals surface area contributed by atoms with E-state index in [1.54, 1.807) is 27.7 Å². The van der Waals surface area contributed by atoms with Gasteiger partial charge in [0.1, 0.15) is 17.7 Å². The third kappa shape index (κ3) is 11.1. The zero-order chi connectivity index (χ0) is 25.2. The molecule has 1 saturated carbocycles. The average Bonchev–Trinajstić information content (AvgIpc) is 3.48. The molecule has 1 aliphatic rings. The summed E-state index contributed by atoms with van der Waals surface area (Å²) < 4.78 is 15.0. The maximum atomic E-state index is 12.9. The van der Waals surface area contributed by atoms with Crippen molar-refractivity contribution in [3.8, 4) is 0 Å². The van der Waals surface area contributed by atoms with Gasteiger partial charge in [-0.1, -0.05) is 0 Å². The molecule has 0 spiro atoms. The van der Waals surface area contributed by atoms with E-state index < -0.39 is 41.8 Å². The summed E-state index contributed by atoms with van der Waals surface area (Å²) in [5.74, 6) is -1.18. The smallest absolute Gasteiger partial charge is 0.408 e. The molecule has 0 bridgehead atoms. The van der Waals surface area contributed by atoms with Gasteiger partial charge in [0, 0.05) is 12.8 Å². The summed E-state index contributed by atoms with van der Waals surface area (Å²) in [6.45, 7) is 6.90. The molecule has 11 heteroatoms. The number of aliphatic hydroxyl groups excluding tert-OH is 1. The van der Waals surface area contributed by atoms with Gasteiger partial charge in [-0.3, -0.25) is 9.59 Å². The summed E-state index contributed by atoms with van der Waals surface area (Å²) in [6, 6.07) is -2.02. The van der Waals surface area contributed by atoms with E-state index in [0.29, 0.717) is 18.6 Å². The first-order valence-corrected chi connectivity index (χ1v) is 12.5. The third-order valence-corrected chi connectivity index (χ3v) is 5.75. The molecule has 0 unspecified atom stereocenters. The molecule has 0 heterocycles. The van der Waals surface area contributed by atoms with Gasteiger partial charge in [0.15, 0.2) is 0 Å². The molecular weight excluding hydrogens is 452 g/mol. The zero-order valence-electron chi connectivity index (χ0n) is 20.3. The van der Waals surface area contributed by atoms with Gasteiger partial charge in [-0.25, -0.2) is 9.59 Å². The second-order valence-corrected chi connectivity index (χ2v) is 10.0. The minimum Gasteiger partial charge on any atom is -0.469 e. The van der Waals surface area contributed by atoms with E-state index in [-0.39, 0.29) is 37.3 Å². The van der Waals surface area contributed by atoms with E-state index in [1.165, 1.54) is 18.9 Å². The first kappa shape index (κ1) is 29.0. The van der Waals surface area contributed by atoms with Crippen LogP contribution in [0.5, 0.6) is 0 Å². The lowest BCUT2D eigenvalue weighted by Crippen LogP contribution is -2.53. The summed E-state index contributed by atoms with van der Waals surface area (Å²) in [6.07, 6.45) is 1.34. The molecule has 2 amide bonds. The van der Waals surface area contributed by atoms with Crippen LogP contribution in [0.1, 0.15) is 53.4 Å². The Labute approximate surface area is 199 Å². The summed E-state index contributed by atoms with van der Waals surface area (Å²) in [4.78, 5) is 49.1. The topological polar surface area (TPSA) is 140 Å². The number of hydrogen-bond acceptors (Lipinski definition) is 9. The number of hydrogen-bond donors (Lipinski definition) is 3. The van der Waals surface area contributed by atoms with Gasteiger partial charge in [-0.15, -0.1) is 0 Å². The van der Waals surface area contributed by atoms with Gasteiger partial charge in [-0.2, -0.15) is 11.8 Å². The predicted molar refractivity (Wildman–Crippen MR) is 124 cm³/mol. The summed E-state index contributed by atoms with van der Waals surface area (Å²) in [5, 5.41) is 15.8. The van der Waals surface area contributed by atoms with Gasteiger partial charge < -0.3 is 30.0 Å². The average molecular weight is 491 g/mol. The van der Waals surface area contributed by atoms with E-state index >= 15 is 0 Å². The Hall–Kier alpha value is -2.01. The van der Waals surface area contributed by atoms with Gasteiger partial charge in [0.05, 0.1) is 19.8 Å². The highest BCUT2D eigenvalue weighted by Crippen LogP contribution is 2.45. The second kappa shape index (κ2) is 13.6. The molecule has 1 fully saturated rings. The minimum atomic E-state index is -1.09. The summed E-state index contributed by atoms with van der Waals surface area (Å²) >= 11 is 1.51. The molecule has 0 radical (unpaired) electrons. The highest BCUT2D eigenvalue weighted by molar-refractivity contribution is 7.98. The van der Waals surface area contributed by atoms with Crippen LogP contribution in [0.2, 0.25) is 0 Å². The molecule has 3 N–H and O–H groups in total. The number of thioether (sulfide) groups is 1. The van der Waals surface area contributed by atoms with Gasteiger partial charge >= 0.3 is 18.0 Å². The number of nitrogens with one attached hydrogen (secondary N) is 2. The highest BCUT2D eigenvalue weighted by atomic mass is 32.2. The normalized spacial score (nSPS) is 20.1. The number of aliphatic hydroxyl groups is 1. The molecular formula is C22H38N2O8S. The zero-order valence-corrected chi connectivity index (χ0v) is 21.2. The van der Waals surface area contributed by atoms with Crippen molar-refractivity contribution in [2.75, 3.05) is 25.7 Å². The minimum absolute atomic E-state index is 0.0193. The quantitative estimate of drug-likeness (QED) is 0.259. The van der Waals surface area contributed by atoms with Crippen LogP contribution in [-0.2, 0) is 28.6 Å². The van der Waals surface area contributed by atoms with Crippen LogP contribution in [0.4, 0.5) is 4.79 Å². The lowest BCUT2D eigenvalue weighted by Gasteiger charge is -2.25. The van der Waals surface area contributed by atoms with Crippen molar-refractivity contribution in [1.82, 2.24) is 10.6 Å². The van der Waals surface area contributed by atoms with Crippen LogP contribution >= 0.6 is 11.8 Å². The van der Waals surface area contributed by atoms with E-state index in [1.807, 2.05) is 6.26 Å². The van der Waals surface area contributed by atoms with Crippen molar-refractivity contribution >= 4 is 35.7 Å². The number of ether oxygens (including phenoxy) is 3. The van der Waals surface area contributed by atoms with E-state index in [9.17, 15) is 24.3 Å². The lowest BCUT2D eigenvalue weighted by molar-refractivity contribution is -0.148. The molecule has 33 heavy (non-hydrogen) atoms. The van der Waals surface area contributed by atoms with Crippen LogP contribution < -0.4 is 10.6 Å². The molecule has 0 aromatic heterocycles. The fraction of sp³-hybridized carbons (Fsp3) is 0.818. The Morgan fingerprint density at radius 2 is 1.82 bits per heavy atom. The fourth-order valence-corrected chi connectivity index (χ4v) is 3.85. The summed E-state index contributed by atoms with van der Waals surface area (Å²) in [7, 11) is 1.31. The molecule has 1 aliphatic carbocycles. The van der Waals surface area contributed by atoms with Crippen molar-refractivity contribution in [1.29, 1.82) is 0 Å². The summed E-state index contributed by atoms with van der Waals surface area (Å²) in [5.41, 5.74) is -0.729. The van der Waals surface area contributed by atoms with E-state index in [0.717, 1.165) is 0 Å². The molecule has 0 aromatic carbocycles. The Kier molecular flexibility index (Phi) is 12.0. The largest absolute Gasteiger partial charge is 0.469 e. The monoisotopic (exact) mass is 490 g/mol. The van der Waals surface area contributed by atoms with Crippen LogP contribution in [0.25, 0.3) is 0 Å². The van der Waals surface area contributed by atoms with Gasteiger partial charge in [0.2, 0.25) is 5.91 Å². The third-order valence-electron chi connectivity index (χ3n) is 5.11. The lowest BCUT2D eigenvalue weighted by atomic mass is 10.0. The van der Waals surface area contributed by atoms with Crippen molar-refractivity contribution in [3.05, 3.63) is 0 Å². The molecule has 0 aromatic rings. The maximum Gasteiger partial charge on any atom is 0.408 e. The Morgan fingerprint density at radius 3 is 2.36 bits per heavy atom. The van der Waals surface area contributed by atoms with Crippen molar-refractivity contribution < 1.29 is 38.5 Å². The molecule has 0 aliphatic heterocycles. The molecule has 5 atom stereocenters. The van der Waals surface area contributed by atoms with Crippen molar-refractivity contribution in [3.63, 3.8) is 0 Å². The molecule has 190 valence electrons. The van der Waals surface area contributed by atoms with E-state index in [4.69, 9.17) is 9.47 Å². The van der Waals surface area contributed by atoms with Crippen LogP contribution in [0.15, 0.2) is 0 Å². The molecule has 10 nitrogen and oxygen atoms in total. The number of carbonyl (C=O) groups is 4. The second-order valence-electron chi connectivity index (χ2n) is 9.04. The maximum absolute atomic E-state index is 12.9. The Balaban J connectivity index is 2.82. The SMILES string of the molecule is CCOC(=O)[C@@H](C[C@H](O)[C@@H]1C[C@H]1CC(=O)OC)NC(=O)[C@H](CCSC)NC(=O)OC(C)(C)C. The van der Waals surface area contributed by atoms with Gasteiger partial charge in [-0.05, 0) is 64.4 Å². The van der Waals surface area contributed by atoms with E-state index in [2.05, 4.69) is 15.4 Å². The number of methoxy groups -OCH3 is 1. The predicted octanol–water partition coefficient (Wildman–Crippen LogP) is 1.63.